The van der Waals surface area contributed by atoms with E-state index in [4.69, 9.17) is 19.0 Å². The molecule has 9 nitrogen and oxygen atoms in total. The van der Waals surface area contributed by atoms with Crippen molar-refractivity contribution in [3.05, 3.63) is 89.5 Å². The van der Waals surface area contributed by atoms with Crippen molar-refractivity contribution < 1.29 is 23.5 Å². The van der Waals surface area contributed by atoms with Gasteiger partial charge in [0.25, 0.3) is 5.91 Å². The normalized spacial score (nSPS) is 11.2. The Morgan fingerprint density at radius 3 is 2.44 bits per heavy atom. The molecular formula is C30H34N4O5. The fourth-order valence-electron chi connectivity index (χ4n) is 4.11. The molecule has 1 N–H and O–H groups in total. The smallest absolute Gasteiger partial charge is 0.258 e. The van der Waals surface area contributed by atoms with Gasteiger partial charge in [0.2, 0.25) is 5.91 Å². The second kappa shape index (κ2) is 11.5. The van der Waals surface area contributed by atoms with Gasteiger partial charge in [-0.3, -0.25) is 9.59 Å². The molecule has 0 saturated heterocycles. The zero-order valence-corrected chi connectivity index (χ0v) is 23.1. The van der Waals surface area contributed by atoms with Crippen LogP contribution in [0, 0.1) is 6.92 Å². The van der Waals surface area contributed by atoms with E-state index in [9.17, 15) is 9.59 Å². The maximum atomic E-state index is 13.7. The van der Waals surface area contributed by atoms with Crippen LogP contribution in [0.3, 0.4) is 0 Å². The highest BCUT2D eigenvalue weighted by Gasteiger charge is 2.26. The van der Waals surface area contributed by atoms with Crippen LogP contribution in [-0.2, 0) is 16.8 Å². The van der Waals surface area contributed by atoms with Gasteiger partial charge in [0.15, 0.2) is 0 Å². The van der Waals surface area contributed by atoms with Crippen LogP contribution in [0.5, 0.6) is 11.5 Å². The second-order valence-corrected chi connectivity index (χ2v) is 10.2. The molecule has 204 valence electrons. The van der Waals surface area contributed by atoms with E-state index in [1.54, 1.807) is 35.0 Å². The van der Waals surface area contributed by atoms with Crippen LogP contribution in [0.1, 0.15) is 48.1 Å². The lowest BCUT2D eigenvalue weighted by atomic mass is 9.92. The Bertz CT molecular complexity index is 1450. The molecule has 0 unspecified atom stereocenters. The number of benzene rings is 2. The summed E-state index contributed by atoms with van der Waals surface area (Å²) >= 11 is 0. The van der Waals surface area contributed by atoms with Crippen molar-refractivity contribution in [2.45, 2.75) is 39.7 Å². The van der Waals surface area contributed by atoms with E-state index in [0.29, 0.717) is 28.6 Å². The predicted molar refractivity (Wildman–Crippen MR) is 149 cm³/mol. The maximum absolute atomic E-state index is 13.7. The standard InChI is InChI=1S/C30H34N4O5/c1-20-10-7-8-12-24(20)34-27(17-26(32-34)30(2,3)4)31-28(35)19-33(18-22-11-9-15-39-22)29(36)23-14-13-21(37-5)16-25(23)38-6/h7-17H,18-19H2,1-6H3,(H,31,35). The average Bonchev–Trinajstić information content (AvgIpc) is 3.58. The van der Waals surface area contributed by atoms with Crippen molar-refractivity contribution >= 4 is 17.6 Å². The number of ether oxygens (including phenoxy) is 2. The molecule has 2 aromatic heterocycles. The number of rotatable bonds is 9. The van der Waals surface area contributed by atoms with Crippen LogP contribution in [-0.4, -0.2) is 47.3 Å². The van der Waals surface area contributed by atoms with Crippen molar-refractivity contribution in [2.75, 3.05) is 26.1 Å². The van der Waals surface area contributed by atoms with Crippen molar-refractivity contribution in [3.8, 4) is 17.2 Å². The van der Waals surface area contributed by atoms with Gasteiger partial charge in [-0.1, -0.05) is 39.0 Å². The number of methoxy groups -OCH3 is 2. The summed E-state index contributed by atoms with van der Waals surface area (Å²) in [6.45, 7) is 8.06. The number of nitrogens with one attached hydrogen (secondary N) is 1. The number of anilines is 1. The van der Waals surface area contributed by atoms with Crippen LogP contribution in [0.25, 0.3) is 5.69 Å². The van der Waals surface area contributed by atoms with Crippen molar-refractivity contribution in [1.29, 1.82) is 0 Å². The van der Waals surface area contributed by atoms with Gasteiger partial charge < -0.3 is 24.1 Å². The Balaban J connectivity index is 1.65. The largest absolute Gasteiger partial charge is 0.497 e. The molecule has 4 aromatic rings. The summed E-state index contributed by atoms with van der Waals surface area (Å²) in [5.41, 5.74) is 2.76. The zero-order valence-electron chi connectivity index (χ0n) is 23.1. The van der Waals surface area contributed by atoms with Gasteiger partial charge in [-0.05, 0) is 42.8 Å². The summed E-state index contributed by atoms with van der Waals surface area (Å²) in [5, 5.41) is 7.78. The predicted octanol–water partition coefficient (Wildman–Crippen LogP) is 5.37. The third-order valence-corrected chi connectivity index (χ3v) is 6.28. The minimum atomic E-state index is -0.385. The molecule has 2 amide bonds. The van der Waals surface area contributed by atoms with E-state index in [1.165, 1.54) is 25.4 Å². The number of aromatic nitrogens is 2. The van der Waals surface area contributed by atoms with Crippen LogP contribution in [0.4, 0.5) is 5.82 Å². The molecule has 0 fully saturated rings. The Morgan fingerprint density at radius 1 is 1.03 bits per heavy atom. The summed E-state index contributed by atoms with van der Waals surface area (Å²) in [7, 11) is 3.02. The van der Waals surface area contributed by atoms with Crippen molar-refractivity contribution in [2.24, 2.45) is 0 Å². The highest BCUT2D eigenvalue weighted by atomic mass is 16.5. The molecule has 9 heteroatoms. The Morgan fingerprint density at radius 2 is 1.79 bits per heavy atom. The summed E-state index contributed by atoms with van der Waals surface area (Å²) in [5.74, 6) is 1.20. The molecule has 0 aliphatic carbocycles. The third kappa shape index (κ3) is 6.31. The summed E-state index contributed by atoms with van der Waals surface area (Å²) in [4.78, 5) is 28.5. The monoisotopic (exact) mass is 530 g/mol. The molecule has 39 heavy (non-hydrogen) atoms. The number of hydrogen-bond donors (Lipinski definition) is 1. The lowest BCUT2D eigenvalue weighted by Crippen LogP contribution is -2.38. The lowest BCUT2D eigenvalue weighted by molar-refractivity contribution is -0.117. The molecule has 0 saturated carbocycles. The van der Waals surface area contributed by atoms with E-state index >= 15 is 0 Å². The molecule has 0 spiro atoms. The first-order valence-corrected chi connectivity index (χ1v) is 12.6. The summed E-state index contributed by atoms with van der Waals surface area (Å²) < 4.78 is 17.9. The molecule has 0 aliphatic rings. The zero-order chi connectivity index (χ0) is 28.2. The van der Waals surface area contributed by atoms with Crippen LogP contribution >= 0.6 is 0 Å². The van der Waals surface area contributed by atoms with Gasteiger partial charge in [-0.15, -0.1) is 0 Å². The van der Waals surface area contributed by atoms with Gasteiger partial charge in [-0.2, -0.15) is 5.10 Å². The van der Waals surface area contributed by atoms with Gasteiger partial charge >= 0.3 is 0 Å². The van der Waals surface area contributed by atoms with E-state index in [2.05, 4.69) is 26.1 Å². The van der Waals surface area contributed by atoms with Crippen LogP contribution < -0.4 is 14.8 Å². The first-order chi connectivity index (χ1) is 18.6. The highest BCUT2D eigenvalue weighted by molar-refractivity contribution is 6.01. The first kappa shape index (κ1) is 27.5. The molecule has 0 atom stereocenters. The number of amides is 2. The SMILES string of the molecule is COc1ccc(C(=O)N(CC(=O)Nc2cc(C(C)(C)C)nn2-c2ccccc2C)Cc2ccco2)c(OC)c1. The van der Waals surface area contributed by atoms with E-state index in [-0.39, 0.29) is 30.3 Å². The molecule has 0 bridgehead atoms. The number of carbonyl (C=O) groups is 2. The topological polar surface area (TPSA) is 98.8 Å². The summed E-state index contributed by atoms with van der Waals surface area (Å²) in [6.07, 6.45) is 1.53. The summed E-state index contributed by atoms with van der Waals surface area (Å²) in [6, 6.07) is 18.1. The third-order valence-electron chi connectivity index (χ3n) is 6.28. The number of nitrogens with zero attached hydrogens (tertiary/aromatic N) is 3. The number of para-hydroxylation sites is 1. The Kier molecular flexibility index (Phi) is 8.09. The highest BCUT2D eigenvalue weighted by Crippen LogP contribution is 2.28. The van der Waals surface area contributed by atoms with Gasteiger partial charge in [-0.25, -0.2) is 4.68 Å². The molecular weight excluding hydrogens is 496 g/mol. The molecule has 4 rings (SSSR count). The maximum Gasteiger partial charge on any atom is 0.258 e. The molecule has 2 heterocycles. The molecule has 2 aromatic carbocycles. The Hall–Kier alpha value is -4.53. The number of furan rings is 1. The van der Waals surface area contributed by atoms with Gasteiger partial charge in [0.1, 0.15) is 29.6 Å². The van der Waals surface area contributed by atoms with E-state index < -0.39 is 0 Å². The molecule has 0 aliphatic heterocycles. The van der Waals surface area contributed by atoms with Crippen LogP contribution in [0.2, 0.25) is 0 Å². The van der Waals surface area contributed by atoms with E-state index in [0.717, 1.165) is 16.9 Å². The minimum Gasteiger partial charge on any atom is -0.497 e. The minimum absolute atomic E-state index is 0.0960. The van der Waals surface area contributed by atoms with E-state index in [1.807, 2.05) is 37.3 Å². The number of aryl methyl sites for hydroxylation is 1. The van der Waals surface area contributed by atoms with Gasteiger partial charge in [0.05, 0.1) is 44.0 Å². The average molecular weight is 531 g/mol. The van der Waals surface area contributed by atoms with Crippen molar-refractivity contribution in [3.63, 3.8) is 0 Å². The lowest BCUT2D eigenvalue weighted by Gasteiger charge is -2.22. The molecule has 0 radical (unpaired) electrons. The quantitative estimate of drug-likeness (QED) is 0.312. The van der Waals surface area contributed by atoms with Gasteiger partial charge in [0, 0.05) is 17.5 Å². The second-order valence-electron chi connectivity index (χ2n) is 10.2. The van der Waals surface area contributed by atoms with Crippen LogP contribution in [0.15, 0.2) is 71.3 Å². The van der Waals surface area contributed by atoms with Crippen molar-refractivity contribution in [1.82, 2.24) is 14.7 Å². The Labute approximate surface area is 228 Å². The fourth-order valence-corrected chi connectivity index (χ4v) is 4.11. The number of carbonyl (C=O) groups excluding carboxylic acids is 2. The number of hydrogen-bond acceptors (Lipinski definition) is 6. The fraction of sp³-hybridized carbons (Fsp3) is 0.300. The first-order valence-electron chi connectivity index (χ1n) is 12.6.